The van der Waals surface area contributed by atoms with E-state index in [0.717, 1.165) is 43.2 Å². The average Bonchev–Trinajstić information content (AvgIpc) is 2.76. The van der Waals surface area contributed by atoms with Crippen LogP contribution in [-0.4, -0.2) is 57.4 Å². The van der Waals surface area contributed by atoms with Crippen molar-refractivity contribution in [3.05, 3.63) is 17.5 Å². The fourth-order valence-electron chi connectivity index (χ4n) is 2.90. The molecule has 2 aliphatic heterocycles. The molecule has 0 bridgehead atoms. The number of hydrogen-bond donors (Lipinski definition) is 0. The number of aromatic nitrogens is 2. The second kappa shape index (κ2) is 5.17. The van der Waals surface area contributed by atoms with Gasteiger partial charge in [-0.2, -0.15) is 16.9 Å². The van der Waals surface area contributed by atoms with Crippen LogP contribution in [0.1, 0.15) is 22.5 Å². The average molecular weight is 281 g/mol. The Hall–Kier alpha value is -1.01. The number of fused-ring (bicyclic) bond motifs is 1. The highest BCUT2D eigenvalue weighted by Gasteiger charge is 2.37. The zero-order valence-corrected chi connectivity index (χ0v) is 12.2. The molecule has 0 aromatic carbocycles. The summed E-state index contributed by atoms with van der Waals surface area (Å²) in [6.07, 6.45) is 2.77. The van der Waals surface area contributed by atoms with Crippen LogP contribution in [0.25, 0.3) is 0 Å². The van der Waals surface area contributed by atoms with E-state index < -0.39 is 0 Å². The third-order valence-electron chi connectivity index (χ3n) is 3.84. The van der Waals surface area contributed by atoms with Crippen molar-refractivity contribution in [2.75, 3.05) is 25.5 Å². The molecular formula is C13H19N3O2S. The molecule has 2 atom stereocenters. The van der Waals surface area contributed by atoms with Crippen LogP contribution >= 0.6 is 11.8 Å². The Morgan fingerprint density at radius 2 is 2.42 bits per heavy atom. The molecule has 0 saturated carbocycles. The number of ether oxygens (including phenoxy) is 1. The molecule has 6 heteroatoms. The topological polar surface area (TPSA) is 47.4 Å². The van der Waals surface area contributed by atoms with E-state index in [1.54, 1.807) is 4.68 Å². The van der Waals surface area contributed by atoms with Gasteiger partial charge in [-0.15, -0.1) is 0 Å². The van der Waals surface area contributed by atoms with Gasteiger partial charge in [0.2, 0.25) is 0 Å². The van der Waals surface area contributed by atoms with Crippen LogP contribution in [0.15, 0.2) is 6.20 Å². The van der Waals surface area contributed by atoms with E-state index in [4.69, 9.17) is 4.74 Å². The number of rotatable bonds is 1. The Morgan fingerprint density at radius 1 is 1.58 bits per heavy atom. The molecule has 0 aliphatic carbocycles. The molecule has 2 fully saturated rings. The van der Waals surface area contributed by atoms with Gasteiger partial charge < -0.3 is 9.64 Å². The van der Waals surface area contributed by atoms with Gasteiger partial charge in [0.15, 0.2) is 0 Å². The predicted octanol–water partition coefficient (Wildman–Crippen LogP) is 1.08. The van der Waals surface area contributed by atoms with Crippen molar-refractivity contribution in [2.45, 2.75) is 24.6 Å². The van der Waals surface area contributed by atoms with Gasteiger partial charge in [0, 0.05) is 43.4 Å². The van der Waals surface area contributed by atoms with Crippen molar-refractivity contribution in [1.29, 1.82) is 0 Å². The lowest BCUT2D eigenvalue weighted by atomic mass is 10.0. The SMILES string of the molecule is Cc1nn(C)cc1C(=O)N1CCS[C@@H]2COCC[C@@H]21. The van der Waals surface area contributed by atoms with Crippen molar-refractivity contribution in [1.82, 2.24) is 14.7 Å². The van der Waals surface area contributed by atoms with Crippen molar-refractivity contribution in [3.8, 4) is 0 Å². The van der Waals surface area contributed by atoms with E-state index in [1.165, 1.54) is 0 Å². The largest absolute Gasteiger partial charge is 0.380 e. The Balaban J connectivity index is 1.83. The molecule has 3 heterocycles. The van der Waals surface area contributed by atoms with Crippen LogP contribution in [0, 0.1) is 6.92 Å². The normalized spacial score (nSPS) is 27.2. The maximum absolute atomic E-state index is 12.7. The molecule has 0 radical (unpaired) electrons. The lowest BCUT2D eigenvalue weighted by Gasteiger charge is -2.43. The van der Waals surface area contributed by atoms with Crippen LogP contribution in [0.4, 0.5) is 0 Å². The van der Waals surface area contributed by atoms with Crippen LogP contribution in [0.2, 0.25) is 0 Å². The van der Waals surface area contributed by atoms with E-state index >= 15 is 0 Å². The molecule has 104 valence electrons. The molecule has 5 nitrogen and oxygen atoms in total. The first-order chi connectivity index (χ1) is 9.16. The van der Waals surface area contributed by atoms with E-state index in [2.05, 4.69) is 5.10 Å². The first kappa shape index (κ1) is 13.0. The second-order valence-electron chi connectivity index (χ2n) is 5.14. The van der Waals surface area contributed by atoms with Gasteiger partial charge in [-0.05, 0) is 13.3 Å². The lowest BCUT2D eigenvalue weighted by molar-refractivity contribution is 0.0318. The number of thioether (sulfide) groups is 1. The number of hydrogen-bond acceptors (Lipinski definition) is 4. The molecule has 1 amide bonds. The highest BCUT2D eigenvalue weighted by atomic mass is 32.2. The van der Waals surface area contributed by atoms with Gasteiger partial charge in [0.25, 0.3) is 5.91 Å². The molecule has 3 rings (SSSR count). The van der Waals surface area contributed by atoms with Crippen molar-refractivity contribution >= 4 is 17.7 Å². The standard InChI is InChI=1S/C13H19N3O2S/c1-9-10(7-15(2)14-9)13(17)16-4-6-19-12-8-18-5-3-11(12)16/h7,11-12H,3-6,8H2,1-2H3/t11-,12+/m0/s1. The molecule has 1 aromatic rings. The summed E-state index contributed by atoms with van der Waals surface area (Å²) < 4.78 is 7.24. The van der Waals surface area contributed by atoms with Crippen LogP contribution in [0.5, 0.6) is 0 Å². The number of aryl methyl sites for hydroxylation is 2. The molecule has 19 heavy (non-hydrogen) atoms. The highest BCUT2D eigenvalue weighted by molar-refractivity contribution is 8.00. The maximum Gasteiger partial charge on any atom is 0.257 e. The van der Waals surface area contributed by atoms with E-state index in [0.29, 0.717) is 11.3 Å². The summed E-state index contributed by atoms with van der Waals surface area (Å²) in [6.45, 7) is 4.26. The van der Waals surface area contributed by atoms with Gasteiger partial charge in [-0.25, -0.2) is 0 Å². The third kappa shape index (κ3) is 2.39. The Kier molecular flexibility index (Phi) is 3.54. The Bertz CT molecular complexity index is 486. The maximum atomic E-state index is 12.7. The van der Waals surface area contributed by atoms with Gasteiger partial charge in [0.1, 0.15) is 0 Å². The molecule has 0 unspecified atom stereocenters. The fraction of sp³-hybridized carbons (Fsp3) is 0.692. The molecule has 1 aromatic heterocycles. The van der Waals surface area contributed by atoms with E-state index in [1.807, 2.05) is 36.8 Å². The first-order valence-corrected chi connectivity index (χ1v) is 7.72. The van der Waals surface area contributed by atoms with Crippen molar-refractivity contribution < 1.29 is 9.53 Å². The number of carbonyl (C=O) groups is 1. The van der Waals surface area contributed by atoms with Gasteiger partial charge in [-0.1, -0.05) is 0 Å². The lowest BCUT2D eigenvalue weighted by Crippen LogP contribution is -2.54. The summed E-state index contributed by atoms with van der Waals surface area (Å²) in [7, 11) is 1.85. The fourth-order valence-corrected chi connectivity index (χ4v) is 4.20. The van der Waals surface area contributed by atoms with Crippen LogP contribution in [0.3, 0.4) is 0 Å². The van der Waals surface area contributed by atoms with Crippen molar-refractivity contribution in [3.63, 3.8) is 0 Å². The zero-order chi connectivity index (χ0) is 13.4. The number of nitrogens with zero attached hydrogens (tertiary/aromatic N) is 3. The monoisotopic (exact) mass is 281 g/mol. The van der Waals surface area contributed by atoms with Crippen LogP contribution in [-0.2, 0) is 11.8 Å². The second-order valence-corrected chi connectivity index (χ2v) is 6.49. The van der Waals surface area contributed by atoms with Gasteiger partial charge in [0.05, 0.1) is 17.9 Å². The smallest absolute Gasteiger partial charge is 0.257 e. The Labute approximate surface area is 117 Å². The summed E-state index contributed by atoms with van der Waals surface area (Å²) in [5, 5.41) is 4.70. The summed E-state index contributed by atoms with van der Waals surface area (Å²) in [4.78, 5) is 14.7. The van der Waals surface area contributed by atoms with Crippen LogP contribution < -0.4 is 0 Å². The summed E-state index contributed by atoms with van der Waals surface area (Å²) in [5.41, 5.74) is 1.55. The number of amides is 1. The minimum atomic E-state index is 0.128. The number of carbonyl (C=O) groups excluding carboxylic acids is 1. The molecule has 0 N–H and O–H groups in total. The van der Waals surface area contributed by atoms with E-state index in [9.17, 15) is 4.79 Å². The molecular weight excluding hydrogens is 262 g/mol. The summed E-state index contributed by atoms with van der Waals surface area (Å²) >= 11 is 1.93. The van der Waals surface area contributed by atoms with E-state index in [-0.39, 0.29) is 5.91 Å². The predicted molar refractivity (Wildman–Crippen MR) is 74.5 cm³/mol. The molecule has 0 spiro atoms. The highest BCUT2D eigenvalue weighted by Crippen LogP contribution is 2.31. The van der Waals surface area contributed by atoms with Crippen molar-refractivity contribution in [2.24, 2.45) is 7.05 Å². The first-order valence-electron chi connectivity index (χ1n) is 6.67. The van der Waals surface area contributed by atoms with Gasteiger partial charge in [-0.3, -0.25) is 9.48 Å². The zero-order valence-electron chi connectivity index (χ0n) is 11.3. The quantitative estimate of drug-likeness (QED) is 0.773. The summed E-state index contributed by atoms with van der Waals surface area (Å²) in [5.74, 6) is 1.12. The Morgan fingerprint density at radius 3 is 3.16 bits per heavy atom. The van der Waals surface area contributed by atoms with Gasteiger partial charge >= 0.3 is 0 Å². The third-order valence-corrected chi connectivity index (χ3v) is 5.14. The minimum Gasteiger partial charge on any atom is -0.380 e. The molecule has 2 saturated heterocycles. The molecule has 2 aliphatic rings. The minimum absolute atomic E-state index is 0.128. The summed E-state index contributed by atoms with van der Waals surface area (Å²) in [6, 6.07) is 0.319.